The molecule has 2 rings (SSSR count). The standard InChI is InChI=1S/C13H12BrFN2O3/c14-9-1-2-11(8(5-9)6-16)20-12-3-4-17(13(18)19)7-10(12)15/h1-2,5,10,12H,3-4,7H2,(H,18,19)/t10-,12+/m0/s1. The highest BCUT2D eigenvalue weighted by Crippen LogP contribution is 2.26. The molecule has 0 saturated carbocycles. The highest BCUT2D eigenvalue weighted by molar-refractivity contribution is 9.10. The van der Waals surface area contributed by atoms with Gasteiger partial charge in [0.15, 0.2) is 6.17 Å². The Morgan fingerprint density at radius 3 is 2.95 bits per heavy atom. The molecule has 2 atom stereocenters. The van der Waals surface area contributed by atoms with Crippen molar-refractivity contribution in [2.75, 3.05) is 13.1 Å². The highest BCUT2D eigenvalue weighted by atomic mass is 79.9. The molecule has 1 amide bonds. The van der Waals surface area contributed by atoms with Gasteiger partial charge in [0.1, 0.15) is 17.9 Å². The molecule has 0 radical (unpaired) electrons. The van der Waals surface area contributed by atoms with Crippen LogP contribution in [0.4, 0.5) is 9.18 Å². The minimum absolute atomic E-state index is 0.210. The predicted molar refractivity (Wildman–Crippen MR) is 72.4 cm³/mol. The Bertz CT molecular complexity index is 561. The number of nitrogens with zero attached hydrogens (tertiary/aromatic N) is 2. The predicted octanol–water partition coefficient (Wildman–Crippen LogP) is 2.79. The van der Waals surface area contributed by atoms with E-state index in [0.717, 1.165) is 9.37 Å². The van der Waals surface area contributed by atoms with Crippen LogP contribution in [0.1, 0.15) is 12.0 Å². The summed E-state index contributed by atoms with van der Waals surface area (Å²) in [4.78, 5) is 11.8. The summed E-state index contributed by atoms with van der Waals surface area (Å²) in [5, 5.41) is 17.8. The first-order valence-electron chi connectivity index (χ1n) is 5.99. The van der Waals surface area contributed by atoms with Gasteiger partial charge in [-0.05, 0) is 18.2 Å². The molecular weight excluding hydrogens is 331 g/mol. The van der Waals surface area contributed by atoms with Crippen LogP contribution in [-0.2, 0) is 0 Å². The monoisotopic (exact) mass is 342 g/mol. The number of hydrogen-bond donors (Lipinski definition) is 1. The molecule has 7 heteroatoms. The van der Waals surface area contributed by atoms with Gasteiger partial charge in [-0.1, -0.05) is 15.9 Å². The van der Waals surface area contributed by atoms with E-state index in [-0.39, 0.29) is 19.5 Å². The SMILES string of the molecule is N#Cc1cc(Br)ccc1O[C@@H]1CCN(C(=O)O)C[C@@H]1F. The fourth-order valence-electron chi connectivity index (χ4n) is 2.05. The summed E-state index contributed by atoms with van der Waals surface area (Å²) in [6.45, 7) is 0.0112. The zero-order chi connectivity index (χ0) is 14.7. The van der Waals surface area contributed by atoms with Gasteiger partial charge in [-0.2, -0.15) is 5.26 Å². The van der Waals surface area contributed by atoms with E-state index in [1.807, 2.05) is 6.07 Å². The zero-order valence-corrected chi connectivity index (χ0v) is 12.0. The average molecular weight is 343 g/mol. The molecule has 0 aromatic heterocycles. The van der Waals surface area contributed by atoms with Crippen molar-refractivity contribution in [3.05, 3.63) is 28.2 Å². The molecule has 0 spiro atoms. The minimum Gasteiger partial charge on any atom is -0.486 e. The molecule has 1 fully saturated rings. The van der Waals surface area contributed by atoms with Gasteiger partial charge in [0, 0.05) is 17.4 Å². The summed E-state index contributed by atoms with van der Waals surface area (Å²) >= 11 is 3.25. The molecule has 1 aliphatic heterocycles. The van der Waals surface area contributed by atoms with Crippen molar-refractivity contribution >= 4 is 22.0 Å². The van der Waals surface area contributed by atoms with Crippen LogP contribution in [-0.4, -0.2) is 41.5 Å². The third-order valence-electron chi connectivity index (χ3n) is 3.09. The lowest BCUT2D eigenvalue weighted by Crippen LogP contribution is -2.48. The normalized spacial score (nSPS) is 22.1. The quantitative estimate of drug-likeness (QED) is 0.896. The maximum atomic E-state index is 13.9. The molecule has 106 valence electrons. The van der Waals surface area contributed by atoms with Crippen molar-refractivity contribution in [2.45, 2.75) is 18.7 Å². The second-order valence-electron chi connectivity index (χ2n) is 4.44. The molecule has 1 saturated heterocycles. The summed E-state index contributed by atoms with van der Waals surface area (Å²) in [6.07, 6.45) is -3.02. The van der Waals surface area contributed by atoms with Crippen LogP contribution in [0.25, 0.3) is 0 Å². The smallest absolute Gasteiger partial charge is 0.407 e. The molecule has 20 heavy (non-hydrogen) atoms. The van der Waals surface area contributed by atoms with Crippen molar-refractivity contribution in [1.29, 1.82) is 5.26 Å². The van der Waals surface area contributed by atoms with Crippen molar-refractivity contribution in [1.82, 2.24) is 4.90 Å². The van der Waals surface area contributed by atoms with Crippen LogP contribution in [0.5, 0.6) is 5.75 Å². The topological polar surface area (TPSA) is 73.6 Å². The number of hydrogen-bond acceptors (Lipinski definition) is 3. The summed E-state index contributed by atoms with van der Waals surface area (Å²) in [5.41, 5.74) is 0.312. The number of likely N-dealkylation sites (tertiary alicyclic amines) is 1. The van der Waals surface area contributed by atoms with Crippen LogP contribution in [0.15, 0.2) is 22.7 Å². The molecule has 1 aromatic rings. The van der Waals surface area contributed by atoms with E-state index >= 15 is 0 Å². The van der Waals surface area contributed by atoms with E-state index in [9.17, 15) is 9.18 Å². The lowest BCUT2D eigenvalue weighted by Gasteiger charge is -2.33. The number of piperidine rings is 1. The first kappa shape index (κ1) is 14.6. The van der Waals surface area contributed by atoms with E-state index in [1.165, 1.54) is 0 Å². The molecule has 0 aliphatic carbocycles. The molecule has 1 aliphatic rings. The first-order valence-corrected chi connectivity index (χ1v) is 6.79. The van der Waals surface area contributed by atoms with Gasteiger partial charge in [-0.25, -0.2) is 9.18 Å². The number of benzene rings is 1. The summed E-state index contributed by atoms with van der Waals surface area (Å²) in [5.74, 6) is 0.312. The van der Waals surface area contributed by atoms with Crippen LogP contribution in [0.2, 0.25) is 0 Å². The van der Waals surface area contributed by atoms with Crippen molar-refractivity contribution in [2.24, 2.45) is 0 Å². The van der Waals surface area contributed by atoms with Crippen LogP contribution in [0.3, 0.4) is 0 Å². The van der Waals surface area contributed by atoms with Crippen LogP contribution >= 0.6 is 15.9 Å². The first-order chi connectivity index (χ1) is 9.51. The number of nitriles is 1. The molecule has 1 heterocycles. The van der Waals surface area contributed by atoms with Gasteiger partial charge in [-0.15, -0.1) is 0 Å². The fraction of sp³-hybridized carbons (Fsp3) is 0.385. The largest absolute Gasteiger partial charge is 0.486 e. The fourth-order valence-corrected chi connectivity index (χ4v) is 2.41. The average Bonchev–Trinajstić information content (AvgIpc) is 2.42. The third kappa shape index (κ3) is 3.20. The second-order valence-corrected chi connectivity index (χ2v) is 5.36. The molecule has 0 unspecified atom stereocenters. The van der Waals surface area contributed by atoms with Gasteiger partial charge in [-0.3, -0.25) is 0 Å². The zero-order valence-electron chi connectivity index (χ0n) is 10.4. The summed E-state index contributed by atoms with van der Waals surface area (Å²) < 4.78 is 20.2. The van der Waals surface area contributed by atoms with E-state index in [1.54, 1.807) is 18.2 Å². The maximum Gasteiger partial charge on any atom is 0.407 e. The second kappa shape index (κ2) is 6.09. The van der Waals surface area contributed by atoms with Gasteiger partial charge < -0.3 is 14.7 Å². The minimum atomic E-state index is -1.41. The lowest BCUT2D eigenvalue weighted by molar-refractivity contribution is 0.0247. The third-order valence-corrected chi connectivity index (χ3v) is 3.59. The Kier molecular flexibility index (Phi) is 4.45. The number of carboxylic acid groups (broad SMARTS) is 1. The van der Waals surface area contributed by atoms with Gasteiger partial charge in [0.05, 0.1) is 12.1 Å². The number of amides is 1. The number of carbonyl (C=O) groups is 1. The molecule has 1 aromatic carbocycles. The van der Waals surface area contributed by atoms with E-state index in [0.29, 0.717) is 11.3 Å². The molecular formula is C13H12BrFN2O3. The number of alkyl halides is 1. The Balaban J connectivity index is 2.08. The van der Waals surface area contributed by atoms with Crippen molar-refractivity contribution < 1.29 is 19.0 Å². The van der Waals surface area contributed by atoms with Crippen LogP contribution < -0.4 is 4.74 Å². The Labute approximate surface area is 123 Å². The van der Waals surface area contributed by atoms with Gasteiger partial charge in [0.2, 0.25) is 0 Å². The van der Waals surface area contributed by atoms with Crippen LogP contribution in [0, 0.1) is 11.3 Å². The highest BCUT2D eigenvalue weighted by Gasteiger charge is 2.33. The Hall–Kier alpha value is -1.81. The van der Waals surface area contributed by atoms with Gasteiger partial charge >= 0.3 is 6.09 Å². The van der Waals surface area contributed by atoms with Gasteiger partial charge in [0.25, 0.3) is 0 Å². The van der Waals surface area contributed by atoms with Crippen molar-refractivity contribution in [3.63, 3.8) is 0 Å². The number of halogens is 2. The van der Waals surface area contributed by atoms with E-state index in [2.05, 4.69) is 15.9 Å². The van der Waals surface area contributed by atoms with Crippen molar-refractivity contribution in [3.8, 4) is 11.8 Å². The summed E-state index contributed by atoms with van der Waals surface area (Å²) in [6, 6.07) is 6.88. The lowest BCUT2D eigenvalue weighted by atomic mass is 10.1. The molecule has 1 N–H and O–H groups in total. The summed E-state index contributed by atoms with van der Waals surface area (Å²) in [7, 11) is 0. The number of rotatable bonds is 2. The molecule has 5 nitrogen and oxygen atoms in total. The Morgan fingerprint density at radius 2 is 2.35 bits per heavy atom. The number of ether oxygens (including phenoxy) is 1. The van der Waals surface area contributed by atoms with E-state index in [4.69, 9.17) is 15.1 Å². The Morgan fingerprint density at radius 1 is 1.60 bits per heavy atom. The molecule has 0 bridgehead atoms. The van der Waals surface area contributed by atoms with E-state index < -0.39 is 18.4 Å². The maximum absolute atomic E-state index is 13.9.